The molecule has 0 aromatic heterocycles. The number of carbonyl (C=O) groups excluding carboxylic acids is 1. The number of hydrogen-bond acceptors (Lipinski definition) is 4. The zero-order valence-corrected chi connectivity index (χ0v) is 9.10. The largest absolute Gasteiger partial charge is 0.507 e. The van der Waals surface area contributed by atoms with E-state index in [4.69, 9.17) is 11.6 Å². The third-order valence-electron chi connectivity index (χ3n) is 2.54. The van der Waals surface area contributed by atoms with Crippen molar-refractivity contribution in [3.63, 3.8) is 0 Å². The summed E-state index contributed by atoms with van der Waals surface area (Å²) in [6.07, 6.45) is 0.120. The maximum Gasteiger partial charge on any atom is 0.238 e. The molecule has 0 aliphatic heterocycles. The van der Waals surface area contributed by atoms with Crippen molar-refractivity contribution in [2.75, 3.05) is 5.73 Å². The first-order valence-corrected chi connectivity index (χ1v) is 5.10. The van der Waals surface area contributed by atoms with Crippen molar-refractivity contribution in [2.45, 2.75) is 6.42 Å². The third-order valence-corrected chi connectivity index (χ3v) is 2.54. The Bertz CT molecular complexity index is 581. The first kappa shape index (κ1) is 11.2. The van der Waals surface area contributed by atoms with Gasteiger partial charge in [0.1, 0.15) is 5.75 Å². The Labute approximate surface area is 98.0 Å². The van der Waals surface area contributed by atoms with Crippen LogP contribution in [-0.2, 0) is 11.2 Å². The van der Waals surface area contributed by atoms with Gasteiger partial charge in [0.05, 0.1) is 6.42 Å². The van der Waals surface area contributed by atoms with Crippen molar-refractivity contribution in [2.24, 2.45) is 5.84 Å². The number of rotatable bonds is 2. The molecule has 5 heteroatoms. The highest BCUT2D eigenvalue weighted by atomic mass is 16.3. The van der Waals surface area contributed by atoms with Crippen LogP contribution in [0, 0.1) is 0 Å². The van der Waals surface area contributed by atoms with Gasteiger partial charge in [-0.3, -0.25) is 10.2 Å². The molecule has 5 nitrogen and oxygen atoms in total. The second-order valence-corrected chi connectivity index (χ2v) is 3.84. The molecular formula is C12H13N3O2. The van der Waals surface area contributed by atoms with Gasteiger partial charge in [-0.1, -0.05) is 6.07 Å². The number of phenols is 1. The summed E-state index contributed by atoms with van der Waals surface area (Å²) in [6, 6.07) is 8.56. The van der Waals surface area contributed by atoms with Crippen LogP contribution in [-0.4, -0.2) is 11.0 Å². The van der Waals surface area contributed by atoms with Gasteiger partial charge in [-0.05, 0) is 35.2 Å². The Hall–Kier alpha value is -2.27. The molecular weight excluding hydrogens is 218 g/mol. The van der Waals surface area contributed by atoms with Crippen LogP contribution in [0.3, 0.4) is 0 Å². The molecule has 0 heterocycles. The van der Waals surface area contributed by atoms with Crippen LogP contribution in [0.1, 0.15) is 5.56 Å². The highest BCUT2D eigenvalue weighted by molar-refractivity contribution is 5.92. The van der Waals surface area contributed by atoms with Crippen LogP contribution >= 0.6 is 0 Å². The zero-order valence-electron chi connectivity index (χ0n) is 9.10. The van der Waals surface area contributed by atoms with Crippen LogP contribution in [0.15, 0.2) is 30.3 Å². The summed E-state index contributed by atoms with van der Waals surface area (Å²) >= 11 is 0. The average molecular weight is 231 g/mol. The lowest BCUT2D eigenvalue weighted by Crippen LogP contribution is -2.31. The lowest BCUT2D eigenvalue weighted by Gasteiger charge is -2.06. The molecule has 0 atom stereocenters. The highest BCUT2D eigenvalue weighted by Gasteiger charge is 2.06. The molecule has 0 unspecified atom stereocenters. The fourth-order valence-corrected chi connectivity index (χ4v) is 1.77. The number of aromatic hydroxyl groups is 1. The number of phenolic OH excluding ortho intramolecular Hbond substituents is 1. The predicted octanol–water partition coefficient (Wildman–Crippen LogP) is 0.660. The zero-order chi connectivity index (χ0) is 12.4. The van der Waals surface area contributed by atoms with E-state index < -0.39 is 0 Å². The Morgan fingerprint density at radius 1 is 1.29 bits per heavy atom. The average Bonchev–Trinajstić information content (AvgIpc) is 2.28. The Morgan fingerprint density at radius 3 is 2.76 bits per heavy atom. The van der Waals surface area contributed by atoms with E-state index in [-0.39, 0.29) is 18.1 Å². The maximum atomic E-state index is 11.2. The highest BCUT2D eigenvalue weighted by Crippen LogP contribution is 2.28. The van der Waals surface area contributed by atoms with Crippen molar-refractivity contribution < 1.29 is 9.90 Å². The number of nitrogens with one attached hydrogen (secondary N) is 1. The third kappa shape index (κ3) is 2.29. The summed E-state index contributed by atoms with van der Waals surface area (Å²) < 4.78 is 0. The van der Waals surface area contributed by atoms with E-state index in [9.17, 15) is 9.90 Å². The fourth-order valence-electron chi connectivity index (χ4n) is 1.77. The lowest BCUT2D eigenvalue weighted by atomic mass is 10.0. The van der Waals surface area contributed by atoms with E-state index in [1.807, 2.05) is 5.43 Å². The topological polar surface area (TPSA) is 101 Å². The second-order valence-electron chi connectivity index (χ2n) is 3.84. The molecule has 17 heavy (non-hydrogen) atoms. The summed E-state index contributed by atoms with van der Waals surface area (Å²) in [5.74, 6) is 4.83. The molecule has 0 saturated carbocycles. The fraction of sp³-hybridized carbons (Fsp3) is 0.0833. The molecule has 1 amide bonds. The minimum absolute atomic E-state index is 0.120. The van der Waals surface area contributed by atoms with Crippen LogP contribution in [0.2, 0.25) is 0 Å². The molecule has 0 radical (unpaired) electrons. The van der Waals surface area contributed by atoms with Crippen LogP contribution < -0.4 is 17.0 Å². The SMILES string of the molecule is NNC(=O)Cc1cc(O)c2ccc(N)cc2c1. The number of carbonyl (C=O) groups is 1. The van der Waals surface area contributed by atoms with Crippen LogP contribution in [0.4, 0.5) is 5.69 Å². The van der Waals surface area contributed by atoms with Gasteiger partial charge in [-0.15, -0.1) is 0 Å². The standard InChI is InChI=1S/C12H13N3O2/c13-9-1-2-10-8(6-9)3-7(4-11(10)16)5-12(17)15-14/h1-4,6,16H,5,13-14H2,(H,15,17). The van der Waals surface area contributed by atoms with Gasteiger partial charge in [0.2, 0.25) is 5.91 Å². The van der Waals surface area contributed by atoms with E-state index in [0.29, 0.717) is 16.6 Å². The normalized spacial score (nSPS) is 10.4. The summed E-state index contributed by atoms with van der Waals surface area (Å²) in [5, 5.41) is 11.3. The molecule has 2 rings (SSSR count). The summed E-state index contributed by atoms with van der Waals surface area (Å²) in [6.45, 7) is 0. The smallest absolute Gasteiger partial charge is 0.238 e. The predicted molar refractivity (Wildman–Crippen MR) is 66.1 cm³/mol. The van der Waals surface area contributed by atoms with Crippen molar-refractivity contribution in [1.82, 2.24) is 5.43 Å². The number of anilines is 1. The maximum absolute atomic E-state index is 11.2. The summed E-state index contributed by atoms with van der Waals surface area (Å²) in [7, 11) is 0. The number of benzene rings is 2. The van der Waals surface area contributed by atoms with Gasteiger partial charge < -0.3 is 10.8 Å². The van der Waals surface area contributed by atoms with E-state index in [1.165, 1.54) is 0 Å². The quantitative estimate of drug-likeness (QED) is 0.264. The van der Waals surface area contributed by atoms with Gasteiger partial charge in [0.25, 0.3) is 0 Å². The minimum atomic E-state index is -0.312. The van der Waals surface area contributed by atoms with E-state index in [0.717, 1.165) is 5.39 Å². The van der Waals surface area contributed by atoms with Gasteiger partial charge in [-0.25, -0.2) is 5.84 Å². The van der Waals surface area contributed by atoms with Crippen molar-refractivity contribution in [3.05, 3.63) is 35.9 Å². The molecule has 2 aromatic carbocycles. The molecule has 0 aliphatic carbocycles. The lowest BCUT2D eigenvalue weighted by molar-refractivity contribution is -0.120. The molecule has 0 spiro atoms. The van der Waals surface area contributed by atoms with Gasteiger partial charge >= 0.3 is 0 Å². The molecule has 88 valence electrons. The summed E-state index contributed by atoms with van der Waals surface area (Å²) in [5.41, 5.74) is 9.01. The molecule has 0 aliphatic rings. The Kier molecular flexibility index (Phi) is 2.84. The van der Waals surface area contributed by atoms with Crippen LogP contribution in [0.5, 0.6) is 5.75 Å². The number of nitrogen functional groups attached to an aromatic ring is 1. The molecule has 2 aromatic rings. The second kappa shape index (κ2) is 4.31. The first-order chi connectivity index (χ1) is 8.10. The number of amides is 1. The molecule has 0 bridgehead atoms. The number of fused-ring (bicyclic) bond motifs is 1. The Balaban J connectivity index is 2.50. The Morgan fingerprint density at radius 2 is 2.06 bits per heavy atom. The summed E-state index contributed by atoms with van der Waals surface area (Å²) in [4.78, 5) is 11.2. The minimum Gasteiger partial charge on any atom is -0.507 e. The van der Waals surface area contributed by atoms with Gasteiger partial charge in [-0.2, -0.15) is 0 Å². The number of hydrogen-bond donors (Lipinski definition) is 4. The number of hydrazine groups is 1. The monoisotopic (exact) mass is 231 g/mol. The first-order valence-electron chi connectivity index (χ1n) is 5.10. The van der Waals surface area contributed by atoms with Crippen LogP contribution in [0.25, 0.3) is 10.8 Å². The van der Waals surface area contributed by atoms with Crippen molar-refractivity contribution in [3.8, 4) is 5.75 Å². The molecule has 0 saturated heterocycles. The van der Waals surface area contributed by atoms with E-state index in [1.54, 1.807) is 30.3 Å². The van der Waals surface area contributed by atoms with Gasteiger partial charge in [0, 0.05) is 11.1 Å². The van der Waals surface area contributed by atoms with Crippen molar-refractivity contribution >= 4 is 22.4 Å². The van der Waals surface area contributed by atoms with E-state index >= 15 is 0 Å². The molecule has 6 N–H and O–H groups in total. The van der Waals surface area contributed by atoms with Crippen molar-refractivity contribution in [1.29, 1.82) is 0 Å². The number of nitrogens with two attached hydrogens (primary N) is 2. The van der Waals surface area contributed by atoms with Gasteiger partial charge in [0.15, 0.2) is 0 Å². The van der Waals surface area contributed by atoms with E-state index in [2.05, 4.69) is 0 Å². The molecule has 0 fully saturated rings.